The summed E-state index contributed by atoms with van der Waals surface area (Å²) in [5.74, 6) is -0.0740. The highest BCUT2D eigenvalue weighted by Crippen LogP contribution is 2.17. The molecule has 418 valence electrons. The van der Waals surface area contributed by atoms with Crippen LogP contribution >= 0.6 is 0 Å². The lowest BCUT2D eigenvalue weighted by Gasteiger charge is -2.19. The van der Waals surface area contributed by atoms with Gasteiger partial charge in [-0.3, -0.25) is 4.79 Å². The Morgan fingerprint density at radius 1 is 0.347 bits per heavy atom. The third-order valence-corrected chi connectivity index (χ3v) is 14.3. The zero-order valence-corrected chi connectivity index (χ0v) is 48.2. The number of carbonyl (C=O) groups is 1. The van der Waals surface area contributed by atoms with Gasteiger partial charge in [0, 0.05) is 6.42 Å². The van der Waals surface area contributed by atoms with E-state index in [-0.39, 0.29) is 12.5 Å². The Bertz CT molecular complexity index is 1270. The second-order valence-electron chi connectivity index (χ2n) is 21.4. The van der Waals surface area contributed by atoms with Gasteiger partial charge in [-0.15, -0.1) is 0 Å². The molecule has 0 radical (unpaired) electrons. The highest BCUT2D eigenvalue weighted by Gasteiger charge is 2.18. The molecule has 0 aliphatic heterocycles. The van der Waals surface area contributed by atoms with Crippen molar-refractivity contribution < 1.29 is 15.0 Å². The predicted octanol–water partition coefficient (Wildman–Crippen LogP) is 21.5. The van der Waals surface area contributed by atoms with Gasteiger partial charge in [-0.25, -0.2) is 0 Å². The summed E-state index contributed by atoms with van der Waals surface area (Å²) in [6, 6.07) is -0.648. The average Bonchev–Trinajstić information content (AvgIpc) is 3.39. The van der Waals surface area contributed by atoms with Gasteiger partial charge in [-0.05, 0) is 83.5 Å². The number of rotatable bonds is 58. The largest absolute Gasteiger partial charge is 0.394 e. The molecule has 0 rings (SSSR count). The van der Waals surface area contributed by atoms with Crippen molar-refractivity contribution in [2.24, 2.45) is 0 Å². The van der Waals surface area contributed by atoms with Crippen LogP contribution in [0, 0.1) is 0 Å². The van der Waals surface area contributed by atoms with Crippen molar-refractivity contribution in [1.29, 1.82) is 0 Å². The Hall–Kier alpha value is -2.43. The second kappa shape index (κ2) is 62.9. The van der Waals surface area contributed by atoms with Crippen molar-refractivity contribution in [2.45, 2.75) is 334 Å². The van der Waals surface area contributed by atoms with E-state index in [1.807, 2.05) is 6.08 Å². The fraction of sp³-hybridized carbons (Fsp3) is 0.779. The van der Waals surface area contributed by atoms with Crippen LogP contribution in [0.25, 0.3) is 0 Å². The van der Waals surface area contributed by atoms with Crippen molar-refractivity contribution >= 4 is 5.91 Å². The summed E-state index contributed by atoms with van der Waals surface area (Å²) in [5, 5.41) is 23.2. The Balaban J connectivity index is 3.48. The number of carbonyl (C=O) groups excluding carboxylic acids is 1. The van der Waals surface area contributed by atoms with E-state index in [1.165, 1.54) is 238 Å². The highest BCUT2D eigenvalue weighted by molar-refractivity contribution is 5.76. The maximum Gasteiger partial charge on any atom is 0.220 e. The van der Waals surface area contributed by atoms with Crippen molar-refractivity contribution in [1.82, 2.24) is 5.32 Å². The van der Waals surface area contributed by atoms with Gasteiger partial charge in [0.05, 0.1) is 18.8 Å². The maximum atomic E-state index is 12.5. The van der Waals surface area contributed by atoms with Crippen molar-refractivity contribution in [3.05, 3.63) is 85.1 Å². The van der Waals surface area contributed by atoms with Gasteiger partial charge in [0.15, 0.2) is 0 Å². The van der Waals surface area contributed by atoms with Crippen molar-refractivity contribution in [2.75, 3.05) is 6.61 Å². The lowest BCUT2D eigenvalue weighted by molar-refractivity contribution is -0.123. The van der Waals surface area contributed by atoms with Crippen LogP contribution in [-0.2, 0) is 4.79 Å². The number of hydrogen-bond acceptors (Lipinski definition) is 3. The molecule has 0 spiro atoms. The molecule has 0 aromatic carbocycles. The number of unbranched alkanes of at least 4 members (excludes halogenated alkanes) is 39. The maximum absolute atomic E-state index is 12.5. The smallest absolute Gasteiger partial charge is 0.220 e. The third kappa shape index (κ3) is 58.5. The molecule has 0 aromatic heterocycles. The average molecular weight is 1000 g/mol. The summed E-state index contributed by atoms with van der Waals surface area (Å²) in [5.41, 5.74) is 0. The molecular weight excluding hydrogens is 879 g/mol. The van der Waals surface area contributed by atoms with Crippen LogP contribution in [0.1, 0.15) is 322 Å². The van der Waals surface area contributed by atoms with Gasteiger partial charge in [0.2, 0.25) is 5.91 Å². The summed E-state index contributed by atoms with van der Waals surface area (Å²) in [6.45, 7) is 4.20. The molecule has 0 heterocycles. The highest BCUT2D eigenvalue weighted by atomic mass is 16.3. The van der Waals surface area contributed by atoms with Crippen molar-refractivity contribution in [3.63, 3.8) is 0 Å². The number of allylic oxidation sites excluding steroid dienone is 13. The topological polar surface area (TPSA) is 69.6 Å². The van der Waals surface area contributed by atoms with Crippen LogP contribution in [0.15, 0.2) is 85.1 Å². The quantitative estimate of drug-likeness (QED) is 0.0420. The minimum atomic E-state index is -0.873. The number of aliphatic hydroxyl groups excluding tert-OH is 2. The molecule has 0 fully saturated rings. The SMILES string of the molecule is CC/C=C\C/C=C\C/C=C\C/C=C\CCCCCCCCCCCCCCCCCCCCCCCCCCC(=O)NC(CO)C(O)/C=C/CC/C=C/CC/C=C/CCCCCCCCCCCCCCC. The lowest BCUT2D eigenvalue weighted by Crippen LogP contribution is -2.45. The summed E-state index contributed by atoms with van der Waals surface area (Å²) in [7, 11) is 0. The first-order valence-corrected chi connectivity index (χ1v) is 31.8. The van der Waals surface area contributed by atoms with Crippen LogP contribution in [0.5, 0.6) is 0 Å². The van der Waals surface area contributed by atoms with E-state index in [4.69, 9.17) is 0 Å². The molecule has 4 nitrogen and oxygen atoms in total. The molecule has 0 aliphatic rings. The van der Waals surface area contributed by atoms with E-state index >= 15 is 0 Å². The zero-order chi connectivity index (χ0) is 52.0. The first-order valence-electron chi connectivity index (χ1n) is 31.8. The summed E-state index contributed by atoms with van der Waals surface area (Å²) < 4.78 is 0. The lowest BCUT2D eigenvalue weighted by atomic mass is 10.0. The van der Waals surface area contributed by atoms with E-state index in [0.717, 1.165) is 64.2 Å². The molecule has 72 heavy (non-hydrogen) atoms. The molecule has 1 amide bonds. The van der Waals surface area contributed by atoms with Crippen LogP contribution in [-0.4, -0.2) is 34.9 Å². The first-order chi connectivity index (χ1) is 35.7. The molecule has 2 unspecified atom stereocenters. The Morgan fingerprint density at radius 2 is 0.625 bits per heavy atom. The molecular formula is C68H123NO3. The number of hydrogen-bond donors (Lipinski definition) is 3. The zero-order valence-electron chi connectivity index (χ0n) is 48.2. The molecule has 0 saturated heterocycles. The van der Waals surface area contributed by atoms with Gasteiger partial charge in [-0.2, -0.15) is 0 Å². The second-order valence-corrected chi connectivity index (χ2v) is 21.4. The minimum absolute atomic E-state index is 0.0740. The monoisotopic (exact) mass is 1000 g/mol. The standard InChI is InChI=1S/C68H123NO3/c1-3-5-7-9-11-13-15-17-19-21-23-25-27-28-29-30-31-32-33-34-35-36-37-38-39-40-42-44-46-48-50-52-54-56-58-60-62-64-68(72)69-66(65-70)67(71)63-61-59-57-55-53-51-49-47-45-43-41-26-24-22-20-18-16-14-12-10-8-6-4-2/h5,7,11,13,17,19,23,25,45,47,53,55,61,63,66-67,70-71H,3-4,6,8-10,12,14-16,18,20-22,24,26-44,46,48-52,54,56-60,62,64-65H2,1-2H3,(H,69,72)/b7-5-,13-11-,19-17-,25-23-,47-45+,55-53+,63-61+. The molecule has 0 aromatic rings. The van der Waals surface area contributed by atoms with E-state index in [0.29, 0.717) is 6.42 Å². The van der Waals surface area contributed by atoms with Crippen molar-refractivity contribution in [3.8, 4) is 0 Å². The summed E-state index contributed by atoms with van der Waals surface area (Å²) >= 11 is 0. The molecule has 0 saturated carbocycles. The van der Waals surface area contributed by atoms with Gasteiger partial charge >= 0.3 is 0 Å². The van der Waals surface area contributed by atoms with Gasteiger partial charge in [0.25, 0.3) is 0 Å². The fourth-order valence-electron chi connectivity index (χ4n) is 9.56. The number of aliphatic hydroxyl groups is 2. The molecule has 4 heteroatoms. The fourth-order valence-corrected chi connectivity index (χ4v) is 9.56. The van der Waals surface area contributed by atoms with E-state index in [2.05, 4.69) is 92.1 Å². The molecule has 2 atom stereocenters. The van der Waals surface area contributed by atoms with Gasteiger partial charge in [0.1, 0.15) is 0 Å². The molecule has 3 N–H and O–H groups in total. The van der Waals surface area contributed by atoms with Crippen LogP contribution in [0.2, 0.25) is 0 Å². The number of amides is 1. The Kier molecular flexibility index (Phi) is 60.7. The van der Waals surface area contributed by atoms with Crippen LogP contribution in [0.4, 0.5) is 0 Å². The normalized spacial score (nSPS) is 13.3. The van der Waals surface area contributed by atoms with E-state index in [1.54, 1.807) is 6.08 Å². The molecule has 0 bridgehead atoms. The third-order valence-electron chi connectivity index (χ3n) is 14.3. The summed E-state index contributed by atoms with van der Waals surface area (Å²) in [4.78, 5) is 12.5. The number of nitrogens with one attached hydrogen (secondary N) is 1. The van der Waals surface area contributed by atoms with Crippen LogP contribution < -0.4 is 5.32 Å². The van der Waals surface area contributed by atoms with E-state index < -0.39 is 12.1 Å². The van der Waals surface area contributed by atoms with E-state index in [9.17, 15) is 15.0 Å². The predicted molar refractivity (Wildman–Crippen MR) is 322 cm³/mol. The van der Waals surface area contributed by atoms with Gasteiger partial charge < -0.3 is 15.5 Å². The first kappa shape index (κ1) is 69.6. The molecule has 0 aliphatic carbocycles. The summed E-state index contributed by atoms with van der Waals surface area (Å²) in [6.07, 6.45) is 92.2. The Labute approximate surface area is 450 Å². The van der Waals surface area contributed by atoms with Crippen LogP contribution in [0.3, 0.4) is 0 Å². The Morgan fingerprint density at radius 3 is 0.972 bits per heavy atom. The van der Waals surface area contributed by atoms with Gasteiger partial charge in [-0.1, -0.05) is 317 Å². The minimum Gasteiger partial charge on any atom is -0.394 e.